The molecule has 2 rings (SSSR count). The Kier molecular flexibility index (Phi) is 4.54. The summed E-state index contributed by atoms with van der Waals surface area (Å²) in [7, 11) is -2.02. The van der Waals surface area contributed by atoms with Crippen molar-refractivity contribution in [2.24, 2.45) is 0 Å². The van der Waals surface area contributed by atoms with E-state index in [-0.39, 0.29) is 11.4 Å². The van der Waals surface area contributed by atoms with Gasteiger partial charge in [-0.05, 0) is 24.6 Å². The Labute approximate surface area is 122 Å². The second-order valence-electron chi connectivity index (χ2n) is 4.49. The number of nitrogens with zero attached hydrogens (tertiary/aromatic N) is 2. The first kappa shape index (κ1) is 15.1. The lowest BCUT2D eigenvalue weighted by molar-refractivity contribution is 0.199. The summed E-state index contributed by atoms with van der Waals surface area (Å²) < 4.78 is 26.0. The number of sulfonamides is 1. The van der Waals surface area contributed by atoms with Crippen molar-refractivity contribution in [3.8, 4) is 0 Å². The van der Waals surface area contributed by atoms with Gasteiger partial charge in [-0.2, -0.15) is 4.31 Å². The Morgan fingerprint density at radius 2 is 2.00 bits per heavy atom. The van der Waals surface area contributed by atoms with Crippen LogP contribution in [0.3, 0.4) is 0 Å². The number of hydrogen-bond acceptors (Lipinski definition) is 5. The summed E-state index contributed by atoms with van der Waals surface area (Å²) in [6.45, 7) is 1.88. The van der Waals surface area contributed by atoms with Gasteiger partial charge in [-0.1, -0.05) is 12.1 Å². The van der Waals surface area contributed by atoms with Crippen molar-refractivity contribution in [2.45, 2.75) is 24.5 Å². The second kappa shape index (κ2) is 6.01. The van der Waals surface area contributed by atoms with Gasteiger partial charge in [0.05, 0.1) is 28.7 Å². The first-order valence-corrected chi connectivity index (χ1v) is 8.41. The van der Waals surface area contributed by atoms with Crippen molar-refractivity contribution in [3.05, 3.63) is 46.4 Å². The minimum Gasteiger partial charge on any atom is -0.389 e. The molecule has 0 amide bonds. The molecule has 0 aliphatic rings. The number of aliphatic hydroxyl groups is 1. The van der Waals surface area contributed by atoms with Gasteiger partial charge in [0.15, 0.2) is 0 Å². The van der Waals surface area contributed by atoms with E-state index < -0.39 is 16.1 Å². The number of benzene rings is 1. The van der Waals surface area contributed by atoms with Crippen LogP contribution in [0.15, 0.2) is 40.1 Å². The van der Waals surface area contributed by atoms with E-state index in [1.807, 2.05) is 5.38 Å². The number of aromatic nitrogens is 1. The zero-order chi connectivity index (χ0) is 14.8. The molecule has 5 nitrogen and oxygen atoms in total. The molecular formula is C13H16N2O3S2. The molecule has 1 aromatic carbocycles. The molecule has 0 fully saturated rings. The summed E-state index contributed by atoms with van der Waals surface area (Å²) in [6, 6.07) is 6.26. The van der Waals surface area contributed by atoms with Crippen LogP contribution in [0.4, 0.5) is 0 Å². The highest BCUT2D eigenvalue weighted by Crippen LogP contribution is 2.19. The maximum absolute atomic E-state index is 12.4. The number of hydrogen-bond donors (Lipinski definition) is 1. The fraction of sp³-hybridized carbons (Fsp3) is 0.308. The molecule has 0 spiro atoms. The molecule has 1 unspecified atom stereocenters. The molecule has 1 aromatic heterocycles. The highest BCUT2D eigenvalue weighted by molar-refractivity contribution is 7.89. The van der Waals surface area contributed by atoms with Crippen molar-refractivity contribution in [1.29, 1.82) is 0 Å². The quantitative estimate of drug-likeness (QED) is 0.917. The van der Waals surface area contributed by atoms with E-state index in [4.69, 9.17) is 0 Å². The smallest absolute Gasteiger partial charge is 0.243 e. The van der Waals surface area contributed by atoms with E-state index in [0.717, 1.165) is 5.69 Å². The molecule has 0 radical (unpaired) electrons. The molecule has 7 heteroatoms. The van der Waals surface area contributed by atoms with Crippen molar-refractivity contribution < 1.29 is 13.5 Å². The zero-order valence-electron chi connectivity index (χ0n) is 11.2. The Morgan fingerprint density at radius 3 is 2.50 bits per heavy atom. The zero-order valence-corrected chi connectivity index (χ0v) is 12.9. The van der Waals surface area contributed by atoms with Crippen molar-refractivity contribution in [1.82, 2.24) is 9.29 Å². The van der Waals surface area contributed by atoms with E-state index >= 15 is 0 Å². The fourth-order valence-electron chi connectivity index (χ4n) is 1.73. The molecule has 1 heterocycles. The van der Waals surface area contributed by atoms with Gasteiger partial charge in [0.2, 0.25) is 10.0 Å². The third kappa shape index (κ3) is 3.24. The fourth-order valence-corrected chi connectivity index (χ4v) is 3.42. The summed E-state index contributed by atoms with van der Waals surface area (Å²) in [6.07, 6.45) is -0.612. The summed E-state index contributed by atoms with van der Waals surface area (Å²) >= 11 is 1.43. The summed E-state index contributed by atoms with van der Waals surface area (Å²) in [5.41, 5.74) is 3.08. The second-order valence-corrected chi connectivity index (χ2v) is 7.25. The third-order valence-electron chi connectivity index (χ3n) is 2.94. The minimum atomic E-state index is -3.54. The van der Waals surface area contributed by atoms with Crippen LogP contribution in [0.25, 0.3) is 0 Å². The van der Waals surface area contributed by atoms with Gasteiger partial charge in [-0.3, -0.25) is 0 Å². The van der Waals surface area contributed by atoms with E-state index in [1.165, 1.54) is 34.8 Å². The molecule has 2 aromatic rings. The summed E-state index contributed by atoms with van der Waals surface area (Å²) in [5.74, 6) is 0. The van der Waals surface area contributed by atoms with Gasteiger partial charge in [-0.25, -0.2) is 13.4 Å². The van der Waals surface area contributed by atoms with Crippen LogP contribution in [0.1, 0.15) is 24.3 Å². The van der Waals surface area contributed by atoms with E-state index in [0.29, 0.717) is 5.56 Å². The van der Waals surface area contributed by atoms with Crippen molar-refractivity contribution in [2.75, 3.05) is 7.05 Å². The van der Waals surface area contributed by atoms with Gasteiger partial charge in [0, 0.05) is 12.4 Å². The van der Waals surface area contributed by atoms with E-state index in [1.54, 1.807) is 24.6 Å². The Hall–Kier alpha value is -1.28. The molecule has 1 N–H and O–H groups in total. The largest absolute Gasteiger partial charge is 0.389 e. The molecular weight excluding hydrogens is 296 g/mol. The normalized spacial score (nSPS) is 13.6. The lowest BCUT2D eigenvalue weighted by Gasteiger charge is -2.16. The number of rotatable bonds is 5. The topological polar surface area (TPSA) is 70.5 Å². The molecule has 20 heavy (non-hydrogen) atoms. The summed E-state index contributed by atoms with van der Waals surface area (Å²) in [4.78, 5) is 4.29. The van der Waals surface area contributed by atoms with Crippen LogP contribution in [0.5, 0.6) is 0 Å². The third-order valence-corrected chi connectivity index (χ3v) is 5.39. The molecule has 108 valence electrons. The molecule has 0 aliphatic carbocycles. The molecule has 1 atom stereocenters. The molecule has 0 aliphatic heterocycles. The van der Waals surface area contributed by atoms with Crippen molar-refractivity contribution >= 4 is 21.4 Å². The molecule has 0 saturated carbocycles. The SMILES string of the molecule is CC(O)c1ccc(S(=O)(=O)N(C)Cc2cscn2)cc1. The average molecular weight is 312 g/mol. The van der Waals surface area contributed by atoms with Crippen LogP contribution in [-0.2, 0) is 16.6 Å². The average Bonchev–Trinajstić information content (AvgIpc) is 2.91. The highest BCUT2D eigenvalue weighted by atomic mass is 32.2. The monoisotopic (exact) mass is 312 g/mol. The van der Waals surface area contributed by atoms with Gasteiger partial charge in [0.1, 0.15) is 0 Å². The van der Waals surface area contributed by atoms with Gasteiger partial charge < -0.3 is 5.11 Å². The predicted molar refractivity (Wildman–Crippen MR) is 77.8 cm³/mol. The molecule has 0 saturated heterocycles. The van der Waals surface area contributed by atoms with Gasteiger partial charge in [0.25, 0.3) is 0 Å². The Morgan fingerprint density at radius 1 is 1.35 bits per heavy atom. The first-order chi connectivity index (χ1) is 9.41. The summed E-state index contributed by atoms with van der Waals surface area (Å²) in [5, 5.41) is 11.3. The lowest BCUT2D eigenvalue weighted by Crippen LogP contribution is -2.26. The van der Waals surface area contributed by atoms with Crippen LogP contribution >= 0.6 is 11.3 Å². The first-order valence-electron chi connectivity index (χ1n) is 6.02. The van der Waals surface area contributed by atoms with Crippen LogP contribution < -0.4 is 0 Å². The number of thiazole rings is 1. The van der Waals surface area contributed by atoms with Crippen molar-refractivity contribution in [3.63, 3.8) is 0 Å². The molecule has 0 bridgehead atoms. The lowest BCUT2D eigenvalue weighted by atomic mass is 10.1. The highest BCUT2D eigenvalue weighted by Gasteiger charge is 2.21. The maximum Gasteiger partial charge on any atom is 0.243 e. The van der Waals surface area contributed by atoms with Gasteiger partial charge >= 0.3 is 0 Å². The maximum atomic E-state index is 12.4. The Bertz CT molecular complexity index is 649. The van der Waals surface area contributed by atoms with Crippen LogP contribution in [0, 0.1) is 0 Å². The predicted octanol–water partition coefficient (Wildman–Crippen LogP) is 2.02. The standard InChI is InChI=1S/C13H16N2O3S2/c1-10(16)11-3-5-13(6-4-11)20(17,18)15(2)7-12-8-19-9-14-12/h3-6,8-10,16H,7H2,1-2H3. The van der Waals surface area contributed by atoms with Gasteiger partial charge in [-0.15, -0.1) is 11.3 Å². The minimum absolute atomic E-state index is 0.208. The van der Waals surface area contributed by atoms with E-state index in [2.05, 4.69) is 4.98 Å². The van der Waals surface area contributed by atoms with Crippen LogP contribution in [0.2, 0.25) is 0 Å². The number of aliphatic hydroxyl groups excluding tert-OH is 1. The van der Waals surface area contributed by atoms with Crippen LogP contribution in [-0.4, -0.2) is 29.9 Å². The Balaban J connectivity index is 2.21. The van der Waals surface area contributed by atoms with E-state index in [9.17, 15) is 13.5 Å².